The number of nitrogens with zero attached hydrogens (tertiary/aromatic N) is 1. The second-order valence-electron chi connectivity index (χ2n) is 6.30. The number of carbonyl (C=O) groups excluding carboxylic acids is 1. The van der Waals surface area contributed by atoms with Crippen LogP contribution in [0.25, 0.3) is 0 Å². The molecule has 6 nitrogen and oxygen atoms in total. The Balaban J connectivity index is 1.84. The van der Waals surface area contributed by atoms with Crippen LogP contribution in [0.2, 0.25) is 0 Å². The van der Waals surface area contributed by atoms with Crippen LogP contribution in [-0.4, -0.2) is 38.4 Å². The lowest BCUT2D eigenvalue weighted by molar-refractivity contribution is 0.0790. The molecule has 3 N–H and O–H groups in total. The van der Waals surface area contributed by atoms with E-state index in [2.05, 4.69) is 4.72 Å². The van der Waals surface area contributed by atoms with E-state index in [9.17, 15) is 13.2 Å². The number of aryl methyl sites for hydroxylation is 1. The van der Waals surface area contributed by atoms with Crippen molar-refractivity contribution in [2.24, 2.45) is 5.73 Å². The first-order valence-electron chi connectivity index (χ1n) is 8.09. The van der Waals surface area contributed by atoms with Crippen LogP contribution in [0.5, 0.6) is 0 Å². The molecule has 1 atom stereocenters. The number of nitrogens with one attached hydrogen (secondary N) is 1. The zero-order chi connectivity index (χ0) is 18.0. The smallest absolute Gasteiger partial charge is 0.261 e. The molecule has 3 rings (SSSR count). The maximum absolute atomic E-state index is 12.6. The number of nitrogens with two attached hydrogens (primary N) is 1. The topological polar surface area (TPSA) is 92.5 Å². The molecule has 0 spiro atoms. The highest BCUT2D eigenvalue weighted by atomic mass is 32.2. The zero-order valence-electron chi connectivity index (χ0n) is 14.0. The van der Waals surface area contributed by atoms with E-state index in [-0.39, 0.29) is 16.8 Å². The van der Waals surface area contributed by atoms with E-state index in [1.807, 2.05) is 13.0 Å². The SMILES string of the molecule is Cc1cccc(NS(=O)(=O)c2cccc(C(=O)N3CC[C@@H](N)C3)c2)c1. The quantitative estimate of drug-likeness (QED) is 0.873. The average Bonchev–Trinajstić information content (AvgIpc) is 3.00. The Morgan fingerprint density at radius 1 is 1.20 bits per heavy atom. The summed E-state index contributed by atoms with van der Waals surface area (Å²) in [6.07, 6.45) is 0.763. The molecule has 0 aliphatic carbocycles. The first kappa shape index (κ1) is 17.4. The van der Waals surface area contributed by atoms with Gasteiger partial charge in [-0.15, -0.1) is 0 Å². The fourth-order valence-corrected chi connectivity index (χ4v) is 3.97. The van der Waals surface area contributed by atoms with Crippen LogP contribution in [0.15, 0.2) is 53.4 Å². The van der Waals surface area contributed by atoms with Crippen LogP contribution < -0.4 is 10.5 Å². The summed E-state index contributed by atoms with van der Waals surface area (Å²) in [5.41, 5.74) is 7.63. The highest BCUT2D eigenvalue weighted by Gasteiger charge is 2.25. The molecule has 2 aromatic carbocycles. The second kappa shape index (κ2) is 6.85. The Bertz CT molecular complexity index is 896. The standard InChI is InChI=1S/C18H21N3O3S/c1-13-4-2-6-16(10-13)20-25(23,24)17-7-3-5-14(11-17)18(22)21-9-8-15(19)12-21/h2-7,10-11,15,20H,8-9,12,19H2,1H3/t15-/m1/s1. The highest BCUT2D eigenvalue weighted by Crippen LogP contribution is 2.20. The van der Waals surface area contributed by atoms with E-state index < -0.39 is 10.0 Å². The molecule has 1 aliphatic rings. The summed E-state index contributed by atoms with van der Waals surface area (Å²) in [6, 6.07) is 13.2. The van der Waals surface area contributed by atoms with Gasteiger partial charge < -0.3 is 10.6 Å². The molecular weight excluding hydrogens is 338 g/mol. The van der Waals surface area contributed by atoms with Gasteiger partial charge in [-0.25, -0.2) is 8.42 Å². The van der Waals surface area contributed by atoms with Crippen molar-refractivity contribution < 1.29 is 13.2 Å². The molecule has 25 heavy (non-hydrogen) atoms. The van der Waals surface area contributed by atoms with Gasteiger partial charge in [0.2, 0.25) is 0 Å². The Labute approximate surface area is 147 Å². The van der Waals surface area contributed by atoms with Gasteiger partial charge in [-0.05, 0) is 49.2 Å². The minimum Gasteiger partial charge on any atom is -0.337 e. The van der Waals surface area contributed by atoms with E-state index in [4.69, 9.17) is 5.73 Å². The number of amides is 1. The van der Waals surface area contributed by atoms with Crippen molar-refractivity contribution in [1.82, 2.24) is 4.90 Å². The van der Waals surface area contributed by atoms with E-state index in [0.29, 0.717) is 24.3 Å². The number of anilines is 1. The summed E-state index contributed by atoms with van der Waals surface area (Å²) < 4.78 is 27.8. The molecule has 2 aromatic rings. The normalized spacial score (nSPS) is 17.5. The highest BCUT2D eigenvalue weighted by molar-refractivity contribution is 7.92. The molecule has 1 aliphatic heterocycles. The monoisotopic (exact) mass is 359 g/mol. The van der Waals surface area contributed by atoms with Gasteiger partial charge >= 0.3 is 0 Å². The second-order valence-corrected chi connectivity index (χ2v) is 7.99. The van der Waals surface area contributed by atoms with Crippen molar-refractivity contribution in [2.75, 3.05) is 17.8 Å². The molecular formula is C18H21N3O3S. The zero-order valence-corrected chi connectivity index (χ0v) is 14.8. The van der Waals surface area contributed by atoms with E-state index >= 15 is 0 Å². The lowest BCUT2D eigenvalue weighted by Crippen LogP contribution is -2.32. The molecule has 1 amide bonds. The molecule has 0 saturated carbocycles. The minimum atomic E-state index is -3.77. The maximum atomic E-state index is 12.6. The largest absolute Gasteiger partial charge is 0.337 e. The van der Waals surface area contributed by atoms with E-state index in [1.54, 1.807) is 35.2 Å². The fourth-order valence-electron chi connectivity index (χ4n) is 2.87. The number of hydrogen-bond acceptors (Lipinski definition) is 4. The molecule has 0 unspecified atom stereocenters. The van der Waals surface area contributed by atoms with Crippen LogP contribution >= 0.6 is 0 Å². The third kappa shape index (κ3) is 4.00. The molecule has 1 fully saturated rings. The van der Waals surface area contributed by atoms with Crippen LogP contribution in [0.4, 0.5) is 5.69 Å². The number of carbonyl (C=O) groups is 1. The Morgan fingerprint density at radius 2 is 1.96 bits per heavy atom. The molecule has 1 heterocycles. The van der Waals surface area contributed by atoms with Crippen molar-refractivity contribution in [1.29, 1.82) is 0 Å². The van der Waals surface area contributed by atoms with Gasteiger partial charge in [0.15, 0.2) is 0 Å². The lowest BCUT2D eigenvalue weighted by atomic mass is 10.2. The summed E-state index contributed by atoms with van der Waals surface area (Å²) in [4.78, 5) is 14.2. The van der Waals surface area contributed by atoms with Crippen molar-refractivity contribution in [2.45, 2.75) is 24.3 Å². The first-order chi connectivity index (χ1) is 11.8. The lowest BCUT2D eigenvalue weighted by Gasteiger charge is -2.16. The fraction of sp³-hybridized carbons (Fsp3) is 0.278. The Morgan fingerprint density at radius 3 is 2.64 bits per heavy atom. The summed E-state index contributed by atoms with van der Waals surface area (Å²) in [5, 5.41) is 0. The number of sulfonamides is 1. The van der Waals surface area contributed by atoms with Gasteiger partial charge in [0.25, 0.3) is 15.9 Å². The van der Waals surface area contributed by atoms with E-state index in [0.717, 1.165) is 12.0 Å². The Hall–Kier alpha value is -2.38. The van der Waals surface area contributed by atoms with Crippen LogP contribution in [-0.2, 0) is 10.0 Å². The van der Waals surface area contributed by atoms with Gasteiger partial charge in [-0.1, -0.05) is 18.2 Å². The number of hydrogen-bond donors (Lipinski definition) is 2. The maximum Gasteiger partial charge on any atom is 0.261 e. The summed E-state index contributed by atoms with van der Waals surface area (Å²) in [5.74, 6) is -0.194. The molecule has 132 valence electrons. The van der Waals surface area contributed by atoms with Gasteiger partial charge in [0.1, 0.15) is 0 Å². The molecule has 0 bridgehead atoms. The first-order valence-corrected chi connectivity index (χ1v) is 9.58. The van der Waals surface area contributed by atoms with Gasteiger partial charge in [-0.3, -0.25) is 9.52 Å². The van der Waals surface area contributed by atoms with Crippen molar-refractivity contribution in [3.63, 3.8) is 0 Å². The van der Waals surface area contributed by atoms with Crippen LogP contribution in [0.1, 0.15) is 22.3 Å². The van der Waals surface area contributed by atoms with Gasteiger partial charge in [0, 0.05) is 30.4 Å². The predicted octanol–water partition coefficient (Wildman–Crippen LogP) is 1.97. The summed E-state index contributed by atoms with van der Waals surface area (Å²) >= 11 is 0. The number of benzene rings is 2. The molecule has 7 heteroatoms. The number of rotatable bonds is 4. The Kier molecular flexibility index (Phi) is 4.78. The number of likely N-dealkylation sites (tertiary alicyclic amines) is 1. The van der Waals surface area contributed by atoms with E-state index in [1.165, 1.54) is 12.1 Å². The van der Waals surface area contributed by atoms with Gasteiger partial charge in [0.05, 0.1) is 4.90 Å². The average molecular weight is 359 g/mol. The molecule has 1 saturated heterocycles. The van der Waals surface area contributed by atoms with Crippen molar-refractivity contribution in [3.8, 4) is 0 Å². The van der Waals surface area contributed by atoms with Gasteiger partial charge in [-0.2, -0.15) is 0 Å². The molecule has 0 radical (unpaired) electrons. The third-order valence-corrected chi connectivity index (χ3v) is 5.55. The van der Waals surface area contributed by atoms with Crippen LogP contribution in [0, 0.1) is 6.92 Å². The van der Waals surface area contributed by atoms with Crippen molar-refractivity contribution in [3.05, 3.63) is 59.7 Å². The molecule has 0 aromatic heterocycles. The van der Waals surface area contributed by atoms with Crippen LogP contribution in [0.3, 0.4) is 0 Å². The van der Waals surface area contributed by atoms with Crippen molar-refractivity contribution >= 4 is 21.6 Å². The third-order valence-electron chi connectivity index (χ3n) is 4.17. The summed E-state index contributed by atoms with van der Waals surface area (Å²) in [7, 11) is -3.77. The summed E-state index contributed by atoms with van der Waals surface area (Å²) in [6.45, 7) is 2.98. The minimum absolute atomic E-state index is 0.0150. The predicted molar refractivity (Wildman–Crippen MR) is 96.9 cm³/mol.